The maximum Gasteiger partial charge on any atom is 0.293 e. The highest BCUT2D eigenvalue weighted by Gasteiger charge is 2.34. The van der Waals surface area contributed by atoms with Gasteiger partial charge in [-0.1, -0.05) is 30.7 Å². The molecule has 1 amide bonds. The third kappa shape index (κ3) is 3.11. The molecule has 1 aromatic heterocycles. The van der Waals surface area contributed by atoms with E-state index in [1.165, 1.54) is 12.8 Å². The second kappa shape index (κ2) is 6.32. The van der Waals surface area contributed by atoms with Gasteiger partial charge in [0.05, 0.1) is 10.7 Å². The molecule has 1 aliphatic rings. The van der Waals surface area contributed by atoms with E-state index in [1.807, 2.05) is 32.2 Å². The van der Waals surface area contributed by atoms with Crippen molar-refractivity contribution in [3.05, 3.63) is 40.9 Å². The number of hydrogen-bond acceptors (Lipinski definition) is 3. The lowest BCUT2D eigenvalue weighted by molar-refractivity contribution is 0.0715. The maximum absolute atomic E-state index is 12.7. The molecule has 5 nitrogen and oxygen atoms in total. The molecule has 2 aromatic rings. The molecule has 0 radical (unpaired) electrons. The van der Waals surface area contributed by atoms with E-state index in [1.54, 1.807) is 15.6 Å². The number of aryl methyl sites for hydroxylation is 1. The van der Waals surface area contributed by atoms with Gasteiger partial charge in [0, 0.05) is 19.5 Å². The van der Waals surface area contributed by atoms with E-state index >= 15 is 0 Å². The number of amides is 1. The van der Waals surface area contributed by atoms with Crippen molar-refractivity contribution in [3.63, 3.8) is 0 Å². The van der Waals surface area contributed by atoms with Crippen LogP contribution in [-0.4, -0.2) is 38.7 Å². The highest BCUT2D eigenvalue weighted by atomic mass is 35.5. The van der Waals surface area contributed by atoms with Crippen molar-refractivity contribution in [1.29, 1.82) is 0 Å². The van der Waals surface area contributed by atoms with Crippen molar-refractivity contribution in [2.45, 2.75) is 39.2 Å². The molecule has 23 heavy (non-hydrogen) atoms. The highest BCUT2D eigenvalue weighted by molar-refractivity contribution is 6.32. The summed E-state index contributed by atoms with van der Waals surface area (Å²) in [4.78, 5) is 18.9. The van der Waals surface area contributed by atoms with Gasteiger partial charge in [-0.25, -0.2) is 9.67 Å². The molecule has 6 heteroatoms. The van der Waals surface area contributed by atoms with Gasteiger partial charge in [0.15, 0.2) is 0 Å². The summed E-state index contributed by atoms with van der Waals surface area (Å²) in [7, 11) is 1.83. The van der Waals surface area contributed by atoms with Crippen LogP contribution in [0, 0.1) is 5.92 Å². The van der Waals surface area contributed by atoms with Crippen molar-refractivity contribution in [2.24, 2.45) is 5.92 Å². The first kappa shape index (κ1) is 16.0. The molecular weight excluding hydrogens is 312 g/mol. The molecule has 0 N–H and O–H groups in total. The Hall–Kier alpha value is -1.88. The van der Waals surface area contributed by atoms with Gasteiger partial charge in [0.2, 0.25) is 5.82 Å². The van der Waals surface area contributed by atoms with Crippen LogP contribution < -0.4 is 0 Å². The second-order valence-electron chi connectivity index (χ2n) is 6.06. The molecule has 1 fully saturated rings. The van der Waals surface area contributed by atoms with Crippen LogP contribution in [0.4, 0.5) is 0 Å². The summed E-state index contributed by atoms with van der Waals surface area (Å²) < 4.78 is 1.67. The number of nitrogens with zero attached hydrogens (tertiary/aromatic N) is 4. The molecule has 0 saturated heterocycles. The first-order chi connectivity index (χ1) is 11.0. The SMILES string of the molecule is CCc1nc(C(=O)N(C)[C@H](C)C2CC2)nn1-c1ccccc1Cl. The Morgan fingerprint density at radius 3 is 2.74 bits per heavy atom. The molecular formula is C17H21ClN4O. The molecule has 122 valence electrons. The summed E-state index contributed by atoms with van der Waals surface area (Å²) >= 11 is 6.26. The Kier molecular flexibility index (Phi) is 4.39. The minimum atomic E-state index is -0.134. The molecule has 0 aliphatic heterocycles. The van der Waals surface area contributed by atoms with Crippen LogP contribution in [0.5, 0.6) is 0 Å². The normalized spacial score (nSPS) is 15.5. The van der Waals surface area contributed by atoms with Crippen LogP contribution in [0.2, 0.25) is 5.02 Å². The van der Waals surface area contributed by atoms with E-state index in [0.717, 1.165) is 11.5 Å². The van der Waals surface area contributed by atoms with Crippen LogP contribution in [0.25, 0.3) is 5.69 Å². The van der Waals surface area contributed by atoms with E-state index in [2.05, 4.69) is 17.0 Å². The number of hydrogen-bond donors (Lipinski definition) is 0. The fourth-order valence-electron chi connectivity index (χ4n) is 2.72. The largest absolute Gasteiger partial charge is 0.336 e. The Morgan fingerprint density at radius 1 is 1.43 bits per heavy atom. The van der Waals surface area contributed by atoms with E-state index < -0.39 is 0 Å². The van der Waals surface area contributed by atoms with Gasteiger partial charge in [-0.15, -0.1) is 5.10 Å². The fraction of sp³-hybridized carbons (Fsp3) is 0.471. The number of benzene rings is 1. The molecule has 1 saturated carbocycles. The highest BCUT2D eigenvalue weighted by Crippen LogP contribution is 2.35. The number of carbonyl (C=O) groups excluding carboxylic acids is 1. The van der Waals surface area contributed by atoms with Crippen molar-refractivity contribution in [2.75, 3.05) is 7.05 Å². The zero-order valence-electron chi connectivity index (χ0n) is 13.7. The average molecular weight is 333 g/mol. The minimum absolute atomic E-state index is 0.134. The van der Waals surface area contributed by atoms with Crippen molar-refractivity contribution >= 4 is 17.5 Å². The van der Waals surface area contributed by atoms with Gasteiger partial charge in [0.25, 0.3) is 5.91 Å². The Balaban J connectivity index is 1.92. The first-order valence-electron chi connectivity index (χ1n) is 8.01. The molecule has 0 bridgehead atoms. The van der Waals surface area contributed by atoms with Crippen LogP contribution in [-0.2, 0) is 6.42 Å². The Bertz CT molecular complexity index is 723. The average Bonchev–Trinajstić information content (AvgIpc) is 3.32. The zero-order chi connectivity index (χ0) is 16.6. The molecule has 0 unspecified atom stereocenters. The minimum Gasteiger partial charge on any atom is -0.336 e. The van der Waals surface area contributed by atoms with E-state index in [0.29, 0.717) is 17.4 Å². The molecule has 1 aromatic carbocycles. The third-order valence-corrected chi connectivity index (χ3v) is 4.82. The van der Waals surface area contributed by atoms with Crippen LogP contribution in [0.15, 0.2) is 24.3 Å². The number of carbonyl (C=O) groups is 1. The van der Waals surface area contributed by atoms with Crippen molar-refractivity contribution < 1.29 is 4.79 Å². The molecule has 1 heterocycles. The Labute approximate surface area is 141 Å². The van der Waals surface area contributed by atoms with Gasteiger partial charge in [-0.3, -0.25) is 4.79 Å². The van der Waals surface area contributed by atoms with Gasteiger partial charge in [0.1, 0.15) is 5.82 Å². The van der Waals surface area contributed by atoms with E-state index in [-0.39, 0.29) is 17.8 Å². The lowest BCUT2D eigenvalue weighted by Gasteiger charge is -2.23. The number of halogens is 1. The molecule has 1 aliphatic carbocycles. The lowest BCUT2D eigenvalue weighted by atomic mass is 10.2. The summed E-state index contributed by atoms with van der Waals surface area (Å²) in [6.45, 7) is 4.07. The summed E-state index contributed by atoms with van der Waals surface area (Å²) in [5.41, 5.74) is 0.746. The first-order valence-corrected chi connectivity index (χ1v) is 8.38. The van der Waals surface area contributed by atoms with Crippen molar-refractivity contribution in [3.8, 4) is 5.69 Å². The predicted molar refractivity (Wildman–Crippen MR) is 90.0 cm³/mol. The monoisotopic (exact) mass is 332 g/mol. The van der Waals surface area contributed by atoms with E-state index in [9.17, 15) is 4.79 Å². The van der Waals surface area contributed by atoms with Crippen LogP contribution in [0.1, 0.15) is 43.1 Å². The van der Waals surface area contributed by atoms with Gasteiger partial charge in [-0.2, -0.15) is 0 Å². The number of para-hydroxylation sites is 1. The van der Waals surface area contributed by atoms with Gasteiger partial charge >= 0.3 is 0 Å². The quantitative estimate of drug-likeness (QED) is 0.843. The Morgan fingerprint density at radius 2 is 2.13 bits per heavy atom. The molecule has 3 rings (SSSR count). The summed E-state index contributed by atoms with van der Waals surface area (Å²) in [6, 6.07) is 7.66. The fourth-order valence-corrected chi connectivity index (χ4v) is 2.93. The summed E-state index contributed by atoms with van der Waals surface area (Å²) in [6.07, 6.45) is 3.06. The van der Waals surface area contributed by atoms with Gasteiger partial charge in [-0.05, 0) is 37.8 Å². The van der Waals surface area contributed by atoms with Crippen molar-refractivity contribution in [1.82, 2.24) is 19.7 Å². The topological polar surface area (TPSA) is 51.0 Å². The lowest BCUT2D eigenvalue weighted by Crippen LogP contribution is -2.37. The number of aromatic nitrogens is 3. The standard InChI is InChI=1S/C17H21ClN4O/c1-4-15-19-16(17(23)21(3)11(2)12-9-10-12)20-22(15)14-8-6-5-7-13(14)18/h5-8,11-12H,4,9-10H2,1-3H3/t11-/m1/s1. The van der Waals surface area contributed by atoms with Crippen LogP contribution in [0.3, 0.4) is 0 Å². The second-order valence-corrected chi connectivity index (χ2v) is 6.47. The summed E-state index contributed by atoms with van der Waals surface area (Å²) in [5.74, 6) is 1.44. The summed E-state index contributed by atoms with van der Waals surface area (Å²) in [5, 5.41) is 5.01. The maximum atomic E-state index is 12.7. The predicted octanol–water partition coefficient (Wildman–Crippen LogP) is 3.35. The van der Waals surface area contributed by atoms with Gasteiger partial charge < -0.3 is 4.90 Å². The third-order valence-electron chi connectivity index (χ3n) is 4.50. The molecule has 1 atom stereocenters. The smallest absolute Gasteiger partial charge is 0.293 e. The number of rotatable bonds is 5. The van der Waals surface area contributed by atoms with Crippen LogP contribution >= 0.6 is 11.6 Å². The zero-order valence-corrected chi connectivity index (χ0v) is 14.4. The van der Waals surface area contributed by atoms with E-state index in [4.69, 9.17) is 11.6 Å². The molecule has 0 spiro atoms.